The van der Waals surface area contributed by atoms with Crippen LogP contribution in [0.4, 0.5) is 0 Å². The Bertz CT molecular complexity index is 1790. The van der Waals surface area contributed by atoms with Crippen molar-refractivity contribution in [3.05, 3.63) is 82.4 Å². The second-order valence-corrected chi connectivity index (χ2v) is 10.5. The highest BCUT2D eigenvalue weighted by molar-refractivity contribution is 5.68. The molecule has 0 saturated carbocycles. The normalized spacial score (nSPS) is 25.2. The van der Waals surface area contributed by atoms with Gasteiger partial charge in [0.05, 0.1) is 12.0 Å². The fourth-order valence-electron chi connectivity index (χ4n) is 6.09. The number of aromatic hydroxyl groups is 7. The third-order valence-corrected chi connectivity index (χ3v) is 8.03. The summed E-state index contributed by atoms with van der Waals surface area (Å²) in [6, 6.07) is 11.1. The van der Waals surface area contributed by atoms with Crippen LogP contribution >= 0.6 is 0 Å². The number of aliphatic hydroxyl groups is 2. The Labute approximate surface area is 236 Å². The number of rotatable bonds is 2. The fraction of sp³-hybridized carbons (Fsp3) is 0.200. The average molecular weight is 577 g/mol. The van der Waals surface area contributed by atoms with Gasteiger partial charge < -0.3 is 60.2 Å². The highest BCUT2D eigenvalue weighted by atomic mass is 16.7. The van der Waals surface area contributed by atoms with Crippen LogP contribution in [0.2, 0.25) is 0 Å². The van der Waals surface area contributed by atoms with Crippen LogP contribution in [0.1, 0.15) is 39.8 Å². The van der Waals surface area contributed by atoms with Crippen molar-refractivity contribution < 1.29 is 60.2 Å². The summed E-state index contributed by atoms with van der Waals surface area (Å²) >= 11 is 0. The van der Waals surface area contributed by atoms with Crippen LogP contribution in [0.5, 0.6) is 57.5 Å². The molecule has 7 rings (SSSR count). The number of hydrogen-bond acceptors (Lipinski definition) is 12. The number of fused-ring (bicyclic) bond motifs is 8. The van der Waals surface area contributed by atoms with Gasteiger partial charge in [0.1, 0.15) is 46.7 Å². The van der Waals surface area contributed by atoms with E-state index in [0.29, 0.717) is 5.56 Å². The van der Waals surface area contributed by atoms with E-state index in [1.807, 2.05) is 0 Å². The van der Waals surface area contributed by atoms with E-state index in [0.717, 1.165) is 12.1 Å². The topological polar surface area (TPSA) is 210 Å². The third kappa shape index (κ3) is 3.49. The molecule has 12 nitrogen and oxygen atoms in total. The van der Waals surface area contributed by atoms with Gasteiger partial charge in [0.15, 0.2) is 23.0 Å². The van der Waals surface area contributed by atoms with E-state index in [-0.39, 0.29) is 63.2 Å². The first-order valence-electron chi connectivity index (χ1n) is 12.9. The van der Waals surface area contributed by atoms with Crippen LogP contribution in [0.15, 0.2) is 54.6 Å². The van der Waals surface area contributed by atoms with Gasteiger partial charge in [-0.3, -0.25) is 0 Å². The number of phenols is 7. The molecule has 0 radical (unpaired) electrons. The molecule has 4 aromatic rings. The predicted octanol–water partition coefficient (Wildman–Crippen LogP) is 2.79. The summed E-state index contributed by atoms with van der Waals surface area (Å²) in [4.78, 5) is 0. The molecule has 4 aromatic carbocycles. The Morgan fingerprint density at radius 3 is 2.00 bits per heavy atom. The molecule has 2 bridgehead atoms. The van der Waals surface area contributed by atoms with Gasteiger partial charge in [-0.05, 0) is 35.9 Å². The Kier molecular flexibility index (Phi) is 5.30. The molecule has 3 heterocycles. The Hall–Kier alpha value is -5.20. The van der Waals surface area contributed by atoms with Crippen LogP contribution in [-0.4, -0.2) is 58.2 Å². The molecule has 0 amide bonds. The van der Waals surface area contributed by atoms with Crippen LogP contribution in [-0.2, 0) is 12.2 Å². The van der Waals surface area contributed by atoms with E-state index in [4.69, 9.17) is 14.2 Å². The maximum absolute atomic E-state index is 11.9. The molecule has 0 aromatic heterocycles. The van der Waals surface area contributed by atoms with E-state index in [1.165, 1.54) is 42.5 Å². The smallest absolute Gasteiger partial charge is 0.305 e. The molecular formula is C30H24O12. The van der Waals surface area contributed by atoms with E-state index < -0.39 is 53.0 Å². The SMILES string of the molecule is Oc1cc(O)c2c(c1)O[C@]1(c3ccc(O)c(O)c3)Oc3cc(O)c4c(c3[C@H]2[C@H]1O)O[C@@H](c1ccc(O)c(O)c1)[C@@H](O)C4. The monoisotopic (exact) mass is 576 g/mol. The minimum Gasteiger partial charge on any atom is -0.508 e. The summed E-state index contributed by atoms with van der Waals surface area (Å²) in [5, 5.41) is 95.1. The van der Waals surface area contributed by atoms with Crippen LogP contribution in [0, 0.1) is 0 Å². The molecule has 9 N–H and O–H groups in total. The summed E-state index contributed by atoms with van der Waals surface area (Å²) in [5.41, 5.74) is 0.842. The minimum absolute atomic E-state index is 0.0177. The molecule has 0 spiro atoms. The predicted molar refractivity (Wildman–Crippen MR) is 141 cm³/mol. The molecule has 5 atom stereocenters. The zero-order valence-corrected chi connectivity index (χ0v) is 21.5. The third-order valence-electron chi connectivity index (χ3n) is 8.03. The summed E-state index contributed by atoms with van der Waals surface area (Å²) in [6.07, 6.45) is -4.00. The molecule has 0 saturated heterocycles. The van der Waals surface area contributed by atoms with Gasteiger partial charge in [0, 0.05) is 46.9 Å². The van der Waals surface area contributed by atoms with E-state index in [9.17, 15) is 46.0 Å². The highest BCUT2D eigenvalue weighted by Crippen LogP contribution is 2.62. The molecule has 216 valence electrons. The number of benzene rings is 4. The minimum atomic E-state index is -2.09. The van der Waals surface area contributed by atoms with Gasteiger partial charge in [-0.25, -0.2) is 0 Å². The first-order chi connectivity index (χ1) is 20.0. The second kappa shape index (κ2) is 8.65. The standard InChI is InChI=1S/C30H24O12/c31-13-7-20(37)24-22(8-13)41-30(12-2-4-16(33)19(36)6-12)29(39)26(24)25-23(42-30)10-17(34)14-9-21(38)27(40-28(14)25)11-1-3-15(32)18(35)5-11/h1-8,10,21,26-27,29,31-39H,9H2/t21-,26-,27-,29+,30+/m0/s1. The Balaban J connectivity index is 1.47. The van der Waals surface area contributed by atoms with Crippen molar-refractivity contribution in [2.45, 2.75) is 36.4 Å². The Morgan fingerprint density at radius 2 is 1.31 bits per heavy atom. The fourth-order valence-corrected chi connectivity index (χ4v) is 6.09. The largest absolute Gasteiger partial charge is 0.508 e. The van der Waals surface area contributed by atoms with Crippen molar-refractivity contribution in [2.75, 3.05) is 0 Å². The molecule has 12 heteroatoms. The van der Waals surface area contributed by atoms with Crippen molar-refractivity contribution in [3.8, 4) is 57.5 Å². The van der Waals surface area contributed by atoms with Crippen molar-refractivity contribution in [1.29, 1.82) is 0 Å². The number of aliphatic hydroxyl groups excluding tert-OH is 2. The zero-order chi connectivity index (χ0) is 29.7. The summed E-state index contributed by atoms with van der Waals surface area (Å²) in [5.74, 6) is -6.11. The van der Waals surface area contributed by atoms with Crippen LogP contribution < -0.4 is 14.2 Å². The van der Waals surface area contributed by atoms with Gasteiger partial charge in [-0.2, -0.15) is 0 Å². The Morgan fingerprint density at radius 1 is 0.643 bits per heavy atom. The molecule has 3 aliphatic rings. The average Bonchev–Trinajstić information content (AvgIpc) is 2.92. The molecule has 3 aliphatic heterocycles. The van der Waals surface area contributed by atoms with Crippen molar-refractivity contribution >= 4 is 0 Å². The van der Waals surface area contributed by atoms with Crippen molar-refractivity contribution in [2.24, 2.45) is 0 Å². The molecule has 0 aliphatic carbocycles. The molecule has 0 unspecified atom stereocenters. The van der Waals surface area contributed by atoms with Crippen molar-refractivity contribution in [3.63, 3.8) is 0 Å². The summed E-state index contributed by atoms with van der Waals surface area (Å²) in [7, 11) is 0. The highest BCUT2D eigenvalue weighted by Gasteiger charge is 2.60. The zero-order valence-electron chi connectivity index (χ0n) is 21.5. The quantitative estimate of drug-likeness (QED) is 0.158. The maximum Gasteiger partial charge on any atom is 0.305 e. The number of ether oxygens (including phenoxy) is 3. The lowest BCUT2D eigenvalue weighted by Gasteiger charge is -2.50. The first-order valence-corrected chi connectivity index (χ1v) is 12.9. The molecular weight excluding hydrogens is 552 g/mol. The lowest BCUT2D eigenvalue weighted by atomic mass is 9.74. The van der Waals surface area contributed by atoms with Gasteiger partial charge >= 0.3 is 5.79 Å². The summed E-state index contributed by atoms with van der Waals surface area (Å²) < 4.78 is 18.6. The lowest BCUT2D eigenvalue weighted by Crippen LogP contribution is -2.57. The van der Waals surface area contributed by atoms with E-state index in [2.05, 4.69) is 0 Å². The van der Waals surface area contributed by atoms with Gasteiger partial charge in [-0.15, -0.1) is 0 Å². The maximum atomic E-state index is 11.9. The van der Waals surface area contributed by atoms with E-state index in [1.54, 1.807) is 0 Å². The molecule has 42 heavy (non-hydrogen) atoms. The van der Waals surface area contributed by atoms with Crippen molar-refractivity contribution in [1.82, 2.24) is 0 Å². The molecule has 0 fully saturated rings. The van der Waals surface area contributed by atoms with Gasteiger partial charge in [0.25, 0.3) is 0 Å². The van der Waals surface area contributed by atoms with Gasteiger partial charge in [0.2, 0.25) is 0 Å². The first kappa shape index (κ1) is 25.7. The van der Waals surface area contributed by atoms with Gasteiger partial charge in [-0.1, -0.05) is 6.07 Å². The number of hydrogen-bond donors (Lipinski definition) is 9. The number of phenolic OH excluding ortho intramolecular Hbond substituents is 7. The van der Waals surface area contributed by atoms with Crippen LogP contribution in [0.3, 0.4) is 0 Å². The van der Waals surface area contributed by atoms with Crippen LogP contribution in [0.25, 0.3) is 0 Å². The second-order valence-electron chi connectivity index (χ2n) is 10.5. The summed E-state index contributed by atoms with van der Waals surface area (Å²) in [6.45, 7) is 0. The lowest BCUT2D eigenvalue weighted by molar-refractivity contribution is -0.219. The van der Waals surface area contributed by atoms with E-state index >= 15 is 0 Å².